The van der Waals surface area contributed by atoms with Crippen LogP contribution in [0, 0.1) is 3.57 Å². The number of nitrogens with one attached hydrogen (secondary N) is 1. The molecule has 3 N–H and O–H groups in total. The van der Waals surface area contributed by atoms with E-state index in [1.165, 1.54) is 6.07 Å². The number of benzene rings is 2. The summed E-state index contributed by atoms with van der Waals surface area (Å²) in [5.41, 5.74) is 6.18. The van der Waals surface area contributed by atoms with Gasteiger partial charge in [-0.3, -0.25) is 0 Å². The minimum Gasteiger partial charge on any atom is -0.397 e. The van der Waals surface area contributed by atoms with Crippen molar-refractivity contribution in [2.45, 2.75) is 6.18 Å². The van der Waals surface area contributed by atoms with Crippen molar-refractivity contribution >= 4 is 52.1 Å². The van der Waals surface area contributed by atoms with E-state index in [0.717, 1.165) is 21.4 Å². The van der Waals surface area contributed by atoms with Gasteiger partial charge in [-0.2, -0.15) is 13.2 Å². The molecule has 0 heterocycles. The molecule has 108 valence electrons. The van der Waals surface area contributed by atoms with Crippen LogP contribution < -0.4 is 11.1 Å². The van der Waals surface area contributed by atoms with Crippen LogP contribution in [0.2, 0.25) is 0 Å². The number of alkyl halides is 3. The largest absolute Gasteiger partial charge is 0.416 e. The average Bonchev–Trinajstić information content (AvgIpc) is 2.30. The molecule has 2 rings (SSSR count). The Kier molecular flexibility index (Phi) is 5.52. The Morgan fingerprint density at radius 2 is 1.75 bits per heavy atom. The molecule has 0 saturated carbocycles. The number of nitrogen functional groups attached to an aromatic ring is 1. The molecule has 0 radical (unpaired) electrons. The predicted molar refractivity (Wildman–Crippen MR) is 85.5 cm³/mol. The van der Waals surface area contributed by atoms with Gasteiger partial charge < -0.3 is 11.1 Å². The van der Waals surface area contributed by atoms with Crippen molar-refractivity contribution in [3.05, 3.63) is 51.6 Å². The van der Waals surface area contributed by atoms with Gasteiger partial charge in [0.1, 0.15) is 0 Å². The molecule has 2 aromatic carbocycles. The van der Waals surface area contributed by atoms with Crippen LogP contribution in [0.3, 0.4) is 0 Å². The van der Waals surface area contributed by atoms with Gasteiger partial charge in [0.25, 0.3) is 0 Å². The highest BCUT2D eigenvalue weighted by Crippen LogP contribution is 2.33. The van der Waals surface area contributed by atoms with Crippen LogP contribution in [-0.4, -0.2) is 0 Å². The van der Waals surface area contributed by atoms with E-state index in [1.807, 2.05) is 24.3 Å². The third kappa shape index (κ3) is 4.17. The van der Waals surface area contributed by atoms with Gasteiger partial charge in [-0.25, -0.2) is 0 Å². The van der Waals surface area contributed by atoms with Gasteiger partial charge in [0.05, 0.1) is 16.9 Å². The first-order chi connectivity index (χ1) is 8.86. The minimum absolute atomic E-state index is 0. The summed E-state index contributed by atoms with van der Waals surface area (Å²) in [6.07, 6.45) is -4.38. The second kappa shape index (κ2) is 6.53. The SMILES string of the molecule is Cl.Nc1cc(C(F)(F)F)ccc1Nc1cccc(I)c1. The highest BCUT2D eigenvalue weighted by molar-refractivity contribution is 14.1. The molecule has 0 saturated heterocycles. The number of hydrogen-bond acceptors (Lipinski definition) is 2. The summed E-state index contributed by atoms with van der Waals surface area (Å²) in [7, 11) is 0. The average molecular weight is 415 g/mol. The molecule has 0 aliphatic rings. The van der Waals surface area contributed by atoms with Crippen LogP contribution >= 0.6 is 35.0 Å². The first kappa shape index (κ1) is 16.9. The lowest BCUT2D eigenvalue weighted by atomic mass is 10.1. The number of rotatable bonds is 2. The fourth-order valence-electron chi connectivity index (χ4n) is 1.57. The molecule has 0 spiro atoms. The van der Waals surface area contributed by atoms with Crippen LogP contribution in [0.25, 0.3) is 0 Å². The smallest absolute Gasteiger partial charge is 0.397 e. The zero-order valence-corrected chi connectivity index (χ0v) is 13.0. The van der Waals surface area contributed by atoms with E-state index < -0.39 is 11.7 Å². The Bertz CT molecular complexity index is 602. The molecule has 2 nitrogen and oxygen atoms in total. The molecule has 7 heteroatoms. The Morgan fingerprint density at radius 3 is 2.30 bits per heavy atom. The lowest BCUT2D eigenvalue weighted by molar-refractivity contribution is -0.137. The summed E-state index contributed by atoms with van der Waals surface area (Å²) >= 11 is 2.15. The van der Waals surface area contributed by atoms with Crippen molar-refractivity contribution in [3.8, 4) is 0 Å². The predicted octanol–water partition coefficient (Wildman–Crippen LogP) is 5.06. The lowest BCUT2D eigenvalue weighted by Crippen LogP contribution is -2.06. The Labute approximate surface area is 134 Å². The zero-order chi connectivity index (χ0) is 14.0. The zero-order valence-electron chi connectivity index (χ0n) is 10.0. The first-order valence-electron chi connectivity index (χ1n) is 5.35. The molecule has 0 fully saturated rings. The summed E-state index contributed by atoms with van der Waals surface area (Å²) < 4.78 is 38.5. The number of nitrogens with two attached hydrogens (primary N) is 1. The van der Waals surface area contributed by atoms with Crippen LogP contribution in [-0.2, 0) is 6.18 Å². The van der Waals surface area contributed by atoms with Gasteiger partial charge in [0, 0.05) is 9.26 Å². The van der Waals surface area contributed by atoms with Gasteiger partial charge in [-0.15, -0.1) is 12.4 Å². The molecule has 0 aliphatic heterocycles. The van der Waals surface area contributed by atoms with E-state index in [9.17, 15) is 13.2 Å². The maximum Gasteiger partial charge on any atom is 0.416 e. The van der Waals surface area contributed by atoms with Crippen molar-refractivity contribution in [2.75, 3.05) is 11.1 Å². The molecule has 2 aromatic rings. The van der Waals surface area contributed by atoms with Crippen LogP contribution in [0.15, 0.2) is 42.5 Å². The number of halogens is 5. The molecular weight excluding hydrogens is 404 g/mol. The Balaban J connectivity index is 0.00000200. The van der Waals surface area contributed by atoms with E-state index in [-0.39, 0.29) is 18.1 Å². The van der Waals surface area contributed by atoms with Crippen molar-refractivity contribution in [2.24, 2.45) is 0 Å². The van der Waals surface area contributed by atoms with Gasteiger partial charge >= 0.3 is 6.18 Å². The summed E-state index contributed by atoms with van der Waals surface area (Å²) in [6, 6.07) is 10.7. The quantitative estimate of drug-likeness (QED) is 0.533. The van der Waals surface area contributed by atoms with E-state index in [2.05, 4.69) is 27.9 Å². The van der Waals surface area contributed by atoms with E-state index in [0.29, 0.717) is 5.69 Å². The summed E-state index contributed by atoms with van der Waals surface area (Å²) in [6.45, 7) is 0. The third-order valence-electron chi connectivity index (χ3n) is 2.48. The minimum atomic E-state index is -4.38. The summed E-state index contributed by atoms with van der Waals surface area (Å²) in [4.78, 5) is 0. The maximum atomic E-state index is 12.5. The molecular formula is C13H11ClF3IN2. The van der Waals surface area contributed by atoms with Gasteiger partial charge in [-0.05, 0) is 59.0 Å². The van der Waals surface area contributed by atoms with Crippen LogP contribution in [0.1, 0.15) is 5.56 Å². The molecule has 0 unspecified atom stereocenters. The lowest BCUT2D eigenvalue weighted by Gasteiger charge is -2.12. The third-order valence-corrected chi connectivity index (χ3v) is 3.15. The fourth-order valence-corrected chi connectivity index (χ4v) is 2.12. The van der Waals surface area contributed by atoms with Crippen molar-refractivity contribution in [3.63, 3.8) is 0 Å². The highest BCUT2D eigenvalue weighted by Gasteiger charge is 2.30. The van der Waals surface area contributed by atoms with Crippen molar-refractivity contribution in [1.82, 2.24) is 0 Å². The monoisotopic (exact) mass is 414 g/mol. The highest BCUT2D eigenvalue weighted by atomic mass is 127. The fraction of sp³-hybridized carbons (Fsp3) is 0.0769. The Morgan fingerprint density at radius 1 is 1.05 bits per heavy atom. The summed E-state index contributed by atoms with van der Waals surface area (Å²) in [5.74, 6) is 0. The van der Waals surface area contributed by atoms with E-state index in [1.54, 1.807) is 0 Å². The van der Waals surface area contributed by atoms with Crippen molar-refractivity contribution in [1.29, 1.82) is 0 Å². The van der Waals surface area contributed by atoms with Crippen LogP contribution in [0.4, 0.5) is 30.2 Å². The molecule has 0 amide bonds. The van der Waals surface area contributed by atoms with E-state index in [4.69, 9.17) is 5.73 Å². The van der Waals surface area contributed by atoms with Gasteiger partial charge in [0.2, 0.25) is 0 Å². The molecule has 0 bridgehead atoms. The molecule has 0 aliphatic carbocycles. The Hall–Kier alpha value is -1.15. The van der Waals surface area contributed by atoms with Crippen molar-refractivity contribution < 1.29 is 13.2 Å². The van der Waals surface area contributed by atoms with Gasteiger partial charge in [-0.1, -0.05) is 6.07 Å². The standard InChI is InChI=1S/C13H10F3IN2.ClH/c14-13(15,16)8-4-5-12(11(18)6-8)19-10-3-1-2-9(17)7-10;/h1-7,19H,18H2;1H. The topological polar surface area (TPSA) is 38.0 Å². The van der Waals surface area contributed by atoms with Crippen LogP contribution in [0.5, 0.6) is 0 Å². The maximum absolute atomic E-state index is 12.5. The number of anilines is 3. The molecule has 20 heavy (non-hydrogen) atoms. The molecule has 0 aromatic heterocycles. The summed E-state index contributed by atoms with van der Waals surface area (Å²) in [5, 5.41) is 2.99. The second-order valence-electron chi connectivity index (χ2n) is 3.94. The second-order valence-corrected chi connectivity index (χ2v) is 5.18. The molecule has 0 atom stereocenters. The van der Waals surface area contributed by atoms with E-state index >= 15 is 0 Å². The normalized spacial score (nSPS) is 10.8. The van der Waals surface area contributed by atoms with Gasteiger partial charge in [0.15, 0.2) is 0 Å². The first-order valence-corrected chi connectivity index (χ1v) is 6.43. The number of hydrogen-bond donors (Lipinski definition) is 2.